The second-order valence-corrected chi connectivity index (χ2v) is 10.7. The Bertz CT molecular complexity index is 1080. The molecule has 1 saturated heterocycles. The number of aliphatic hydroxyl groups is 1. The average molecular weight is 469 g/mol. The Morgan fingerprint density at radius 1 is 1.26 bits per heavy atom. The predicted molar refractivity (Wildman–Crippen MR) is 123 cm³/mol. The third kappa shape index (κ3) is 2.84. The minimum atomic E-state index is -0.987. The Balaban J connectivity index is 1.41. The quantitative estimate of drug-likeness (QED) is 0.499. The van der Waals surface area contributed by atoms with E-state index in [-0.39, 0.29) is 23.7 Å². The van der Waals surface area contributed by atoms with Gasteiger partial charge in [-0.05, 0) is 62.6 Å². The van der Waals surface area contributed by atoms with Gasteiger partial charge in [-0.15, -0.1) is 0 Å². The van der Waals surface area contributed by atoms with Crippen molar-refractivity contribution < 1.29 is 29.3 Å². The van der Waals surface area contributed by atoms with Gasteiger partial charge < -0.3 is 24.6 Å². The molecule has 1 spiro atoms. The molecule has 5 atom stereocenters. The molecule has 1 aromatic carbocycles. The number of benzene rings is 1. The molecule has 2 bridgehead atoms. The van der Waals surface area contributed by atoms with E-state index in [1.807, 2.05) is 6.07 Å². The fourth-order valence-corrected chi connectivity index (χ4v) is 7.34. The predicted octanol–water partition coefficient (Wildman–Crippen LogP) is 1.51. The molecule has 5 aliphatic rings. The molecule has 0 unspecified atom stereocenters. The lowest BCUT2D eigenvalue weighted by Crippen LogP contribution is -2.78. The van der Waals surface area contributed by atoms with Crippen molar-refractivity contribution in [3.05, 3.63) is 35.4 Å². The highest BCUT2D eigenvalue weighted by molar-refractivity contribution is 5.94. The summed E-state index contributed by atoms with van der Waals surface area (Å²) < 4.78 is 11.1. The van der Waals surface area contributed by atoms with Gasteiger partial charge >= 0.3 is 5.97 Å². The molecule has 1 amide bonds. The van der Waals surface area contributed by atoms with E-state index in [0.29, 0.717) is 18.6 Å². The van der Waals surface area contributed by atoms with E-state index in [2.05, 4.69) is 9.64 Å². The minimum Gasteiger partial charge on any atom is -0.504 e. The van der Waals surface area contributed by atoms with Crippen molar-refractivity contribution in [1.82, 2.24) is 9.80 Å². The summed E-state index contributed by atoms with van der Waals surface area (Å²) >= 11 is 0. The van der Waals surface area contributed by atoms with E-state index in [1.54, 1.807) is 18.0 Å². The van der Waals surface area contributed by atoms with Gasteiger partial charge in [-0.2, -0.15) is 0 Å². The van der Waals surface area contributed by atoms with E-state index in [1.165, 1.54) is 26.0 Å². The third-order valence-corrected chi connectivity index (χ3v) is 9.14. The highest BCUT2D eigenvalue weighted by atomic mass is 16.5. The standard InChI is InChI=1S/C26H32N2O6/c1-27(20(30)7-8-21(31)33-2)17-9-10-26(32)19-13-16-5-6-18(29)23-22(16)25(26,24(17)34-23)11-12-28(19)14-15-3-4-15/h5-8,15,17,19,24,29,32H,3-4,9-14H2,1-2H3/b8-7+/t17-,19+,24+,25+,26-/m1/s1. The van der Waals surface area contributed by atoms with Crippen molar-refractivity contribution in [2.45, 2.75) is 67.7 Å². The van der Waals surface area contributed by atoms with Crippen molar-refractivity contribution >= 4 is 11.9 Å². The van der Waals surface area contributed by atoms with E-state index in [9.17, 15) is 19.8 Å². The van der Waals surface area contributed by atoms with Gasteiger partial charge in [0, 0.05) is 37.3 Å². The molecule has 0 radical (unpaired) electrons. The normalized spacial score (nSPS) is 35.6. The maximum atomic E-state index is 12.9. The van der Waals surface area contributed by atoms with Crippen molar-refractivity contribution in [2.75, 3.05) is 27.2 Å². The number of esters is 1. The van der Waals surface area contributed by atoms with Crippen LogP contribution < -0.4 is 4.74 Å². The van der Waals surface area contributed by atoms with Crippen molar-refractivity contribution in [3.63, 3.8) is 0 Å². The Labute approximate surface area is 199 Å². The first-order valence-corrected chi connectivity index (χ1v) is 12.3. The van der Waals surface area contributed by atoms with E-state index in [0.717, 1.165) is 49.1 Å². The van der Waals surface area contributed by atoms with Crippen molar-refractivity contribution in [2.24, 2.45) is 5.92 Å². The number of likely N-dealkylation sites (tertiary alicyclic amines) is 1. The van der Waals surface area contributed by atoms with Gasteiger partial charge in [0.15, 0.2) is 11.5 Å². The fraction of sp³-hybridized carbons (Fsp3) is 0.615. The fourth-order valence-electron chi connectivity index (χ4n) is 7.34. The number of hydrogen-bond acceptors (Lipinski definition) is 7. The summed E-state index contributed by atoms with van der Waals surface area (Å²) in [4.78, 5) is 28.5. The van der Waals surface area contributed by atoms with Crippen LogP contribution in [0.5, 0.6) is 11.5 Å². The number of carbonyl (C=O) groups is 2. The summed E-state index contributed by atoms with van der Waals surface area (Å²) in [5, 5.41) is 23.2. The molecule has 2 N–H and O–H groups in total. The second kappa shape index (κ2) is 7.46. The molecule has 2 aliphatic heterocycles. The molecule has 2 saturated carbocycles. The molecule has 8 heteroatoms. The van der Waals surface area contributed by atoms with Gasteiger partial charge in [-0.25, -0.2) is 4.79 Å². The smallest absolute Gasteiger partial charge is 0.330 e. The number of carbonyl (C=O) groups excluding carboxylic acids is 2. The van der Waals surface area contributed by atoms with Gasteiger partial charge in [-0.3, -0.25) is 9.69 Å². The third-order valence-electron chi connectivity index (χ3n) is 9.14. The number of amides is 1. The number of likely N-dealkylation sites (N-methyl/N-ethyl adjacent to an activating group) is 1. The van der Waals surface area contributed by atoms with E-state index >= 15 is 0 Å². The van der Waals surface area contributed by atoms with Crippen LogP contribution in [0, 0.1) is 5.92 Å². The molecular formula is C26H32N2O6. The summed E-state index contributed by atoms with van der Waals surface area (Å²) in [7, 11) is 2.98. The number of phenolic OH excluding ortho intramolecular Hbond substituents is 1. The summed E-state index contributed by atoms with van der Waals surface area (Å²) in [6.07, 6.45) is 6.99. The number of aromatic hydroxyl groups is 1. The van der Waals surface area contributed by atoms with Crippen LogP contribution in [0.2, 0.25) is 0 Å². The first-order chi connectivity index (χ1) is 16.3. The summed E-state index contributed by atoms with van der Waals surface area (Å²) in [5.74, 6) is 0.372. The second-order valence-electron chi connectivity index (χ2n) is 10.7. The van der Waals surface area contributed by atoms with Gasteiger partial charge in [0.2, 0.25) is 5.91 Å². The Morgan fingerprint density at radius 2 is 2.06 bits per heavy atom. The van der Waals surface area contributed by atoms with E-state index in [4.69, 9.17) is 4.74 Å². The summed E-state index contributed by atoms with van der Waals surface area (Å²) in [6, 6.07) is 3.36. The molecule has 2 heterocycles. The lowest BCUT2D eigenvalue weighted by molar-refractivity contribution is -0.200. The van der Waals surface area contributed by atoms with Crippen LogP contribution >= 0.6 is 0 Å². The molecular weight excluding hydrogens is 436 g/mol. The van der Waals surface area contributed by atoms with Gasteiger partial charge in [-0.1, -0.05) is 6.07 Å². The number of ether oxygens (including phenoxy) is 2. The number of methoxy groups -OCH3 is 1. The van der Waals surface area contributed by atoms with Gasteiger partial charge in [0.1, 0.15) is 6.10 Å². The lowest BCUT2D eigenvalue weighted by Gasteiger charge is -2.64. The van der Waals surface area contributed by atoms with Crippen LogP contribution in [-0.2, 0) is 26.2 Å². The maximum Gasteiger partial charge on any atom is 0.330 e. The van der Waals surface area contributed by atoms with Crippen LogP contribution in [0.3, 0.4) is 0 Å². The zero-order valence-corrected chi connectivity index (χ0v) is 19.7. The highest BCUT2D eigenvalue weighted by Crippen LogP contribution is 2.66. The minimum absolute atomic E-state index is 0.00267. The molecule has 3 fully saturated rings. The highest BCUT2D eigenvalue weighted by Gasteiger charge is 2.73. The summed E-state index contributed by atoms with van der Waals surface area (Å²) in [5.41, 5.74) is 0.408. The van der Waals surface area contributed by atoms with Crippen LogP contribution in [0.25, 0.3) is 0 Å². The largest absolute Gasteiger partial charge is 0.504 e. The number of piperidine rings is 1. The van der Waals surface area contributed by atoms with Gasteiger partial charge in [0.25, 0.3) is 0 Å². The molecule has 6 rings (SSSR count). The van der Waals surface area contributed by atoms with Crippen LogP contribution in [-0.4, -0.2) is 82.9 Å². The Hall–Kier alpha value is -2.58. The van der Waals surface area contributed by atoms with Crippen LogP contribution in [0.4, 0.5) is 0 Å². The number of phenols is 1. The van der Waals surface area contributed by atoms with Crippen LogP contribution in [0.1, 0.15) is 43.2 Å². The maximum absolute atomic E-state index is 12.9. The van der Waals surface area contributed by atoms with E-state index < -0.39 is 23.1 Å². The molecule has 34 heavy (non-hydrogen) atoms. The monoisotopic (exact) mass is 468 g/mol. The van der Waals surface area contributed by atoms with Gasteiger partial charge in [0.05, 0.1) is 24.2 Å². The zero-order chi connectivity index (χ0) is 23.8. The zero-order valence-electron chi connectivity index (χ0n) is 19.7. The van der Waals surface area contributed by atoms with Crippen molar-refractivity contribution in [3.8, 4) is 11.5 Å². The van der Waals surface area contributed by atoms with Crippen molar-refractivity contribution in [1.29, 1.82) is 0 Å². The average Bonchev–Trinajstić information content (AvgIpc) is 3.57. The molecule has 3 aliphatic carbocycles. The first kappa shape index (κ1) is 21.9. The number of rotatable bonds is 5. The first-order valence-electron chi connectivity index (χ1n) is 12.3. The molecule has 182 valence electrons. The molecule has 1 aromatic rings. The Kier molecular flexibility index (Phi) is 4.81. The molecule has 8 nitrogen and oxygen atoms in total. The lowest BCUT2D eigenvalue weighted by atomic mass is 9.48. The summed E-state index contributed by atoms with van der Waals surface area (Å²) in [6.45, 7) is 1.89. The molecule has 0 aromatic heterocycles. The number of hydrogen-bond donors (Lipinski definition) is 2. The Morgan fingerprint density at radius 3 is 2.79 bits per heavy atom. The topological polar surface area (TPSA) is 99.5 Å². The SMILES string of the molecule is COC(=O)/C=C/C(=O)N(C)[C@@H]1CC[C@@]2(O)[C@@H]3Cc4ccc(O)c5c4[C@@]2(CCN3CC2CC2)[C@H]1O5. The number of nitrogens with zero attached hydrogens (tertiary/aromatic N) is 2. The van der Waals surface area contributed by atoms with Crippen LogP contribution in [0.15, 0.2) is 24.3 Å².